The van der Waals surface area contributed by atoms with E-state index in [-0.39, 0.29) is 11.9 Å². The van der Waals surface area contributed by atoms with Crippen molar-refractivity contribution in [1.29, 1.82) is 0 Å². The number of esters is 1. The zero-order valence-corrected chi connectivity index (χ0v) is 27.6. The van der Waals surface area contributed by atoms with Gasteiger partial charge in [0.1, 0.15) is 0 Å². The normalized spacial score (nSPS) is 11.5. The fraction of sp³-hybridized carbons (Fsp3) is 0.972. The van der Waals surface area contributed by atoms with Crippen molar-refractivity contribution in [1.82, 2.24) is 0 Å². The Kier molecular flexibility index (Phi) is 34.1. The van der Waals surface area contributed by atoms with Crippen molar-refractivity contribution in [2.45, 2.75) is 187 Å². The molecule has 0 aromatic rings. The molecular formula is C36H72O4. The van der Waals surface area contributed by atoms with Crippen molar-refractivity contribution < 1.29 is 19.0 Å². The van der Waals surface area contributed by atoms with Crippen LogP contribution < -0.4 is 0 Å². The zero-order valence-electron chi connectivity index (χ0n) is 27.6. The van der Waals surface area contributed by atoms with E-state index in [1.807, 2.05) is 0 Å². The van der Waals surface area contributed by atoms with Crippen LogP contribution in [-0.4, -0.2) is 39.5 Å². The van der Waals surface area contributed by atoms with E-state index in [9.17, 15) is 4.79 Å². The Bertz CT molecular complexity index is 453. The smallest absolute Gasteiger partial charge is 0.308 e. The van der Waals surface area contributed by atoms with E-state index >= 15 is 0 Å². The van der Waals surface area contributed by atoms with E-state index in [4.69, 9.17) is 14.2 Å². The van der Waals surface area contributed by atoms with Crippen LogP contribution in [-0.2, 0) is 19.0 Å². The Hall–Kier alpha value is -0.610. The molecule has 0 radical (unpaired) electrons. The van der Waals surface area contributed by atoms with Crippen LogP contribution in [0.25, 0.3) is 0 Å². The van der Waals surface area contributed by atoms with Crippen molar-refractivity contribution in [2.75, 3.05) is 33.5 Å². The summed E-state index contributed by atoms with van der Waals surface area (Å²) >= 11 is 0. The van der Waals surface area contributed by atoms with E-state index in [1.54, 1.807) is 7.11 Å². The van der Waals surface area contributed by atoms with Gasteiger partial charge in [-0.25, -0.2) is 0 Å². The molecule has 0 rings (SSSR count). The topological polar surface area (TPSA) is 44.8 Å². The van der Waals surface area contributed by atoms with Crippen molar-refractivity contribution >= 4 is 5.97 Å². The Morgan fingerprint density at radius 1 is 0.450 bits per heavy atom. The van der Waals surface area contributed by atoms with Gasteiger partial charge < -0.3 is 14.2 Å². The van der Waals surface area contributed by atoms with Crippen LogP contribution in [0.15, 0.2) is 0 Å². The van der Waals surface area contributed by atoms with E-state index in [1.165, 1.54) is 141 Å². The number of carbonyl (C=O) groups excluding carboxylic acids is 1. The number of hydrogen-bond acceptors (Lipinski definition) is 4. The number of methoxy groups -OCH3 is 1. The Morgan fingerprint density at radius 2 is 0.825 bits per heavy atom. The first-order valence-electron chi connectivity index (χ1n) is 18.0. The lowest BCUT2D eigenvalue weighted by Crippen LogP contribution is -2.19. The second-order valence-electron chi connectivity index (χ2n) is 12.2. The zero-order chi connectivity index (χ0) is 29.2. The van der Waals surface area contributed by atoms with Crippen molar-refractivity contribution in [3.05, 3.63) is 0 Å². The third-order valence-corrected chi connectivity index (χ3v) is 8.25. The standard InChI is InChI=1S/C36H72O4/c1-4-6-8-10-12-14-16-18-20-22-24-26-29-35(36(37)40-32-28-31-39-34-33-38-3)30-27-25-23-21-19-17-15-13-11-9-7-5-2/h35H,4-34H2,1-3H3. The van der Waals surface area contributed by atoms with Gasteiger partial charge >= 0.3 is 5.97 Å². The first-order valence-corrected chi connectivity index (χ1v) is 18.0. The van der Waals surface area contributed by atoms with E-state index < -0.39 is 0 Å². The number of ether oxygens (including phenoxy) is 3. The molecular weight excluding hydrogens is 496 g/mol. The van der Waals surface area contributed by atoms with E-state index in [0.29, 0.717) is 26.4 Å². The van der Waals surface area contributed by atoms with Crippen molar-refractivity contribution in [2.24, 2.45) is 5.92 Å². The quantitative estimate of drug-likeness (QED) is 0.0572. The van der Waals surface area contributed by atoms with Gasteiger partial charge in [-0.2, -0.15) is 0 Å². The summed E-state index contributed by atoms with van der Waals surface area (Å²) < 4.78 is 16.2. The first-order chi connectivity index (χ1) is 19.8. The summed E-state index contributed by atoms with van der Waals surface area (Å²) in [5.41, 5.74) is 0. The number of rotatable bonds is 34. The van der Waals surface area contributed by atoms with Crippen LogP contribution in [0.2, 0.25) is 0 Å². The summed E-state index contributed by atoms with van der Waals surface area (Å²) in [5.74, 6) is 0.115. The molecule has 0 N–H and O–H groups in total. The Labute approximate surface area is 251 Å². The minimum atomic E-state index is 0.0306. The molecule has 0 aliphatic heterocycles. The molecule has 0 aliphatic rings. The Morgan fingerprint density at radius 3 is 1.20 bits per heavy atom. The molecule has 240 valence electrons. The fourth-order valence-electron chi connectivity index (χ4n) is 5.54. The predicted molar refractivity (Wildman–Crippen MR) is 173 cm³/mol. The lowest BCUT2D eigenvalue weighted by molar-refractivity contribution is -0.149. The second-order valence-corrected chi connectivity index (χ2v) is 12.2. The SMILES string of the molecule is CCCCCCCCCCCCCCC(CCCCCCCCCCCCCC)C(=O)OCCCOCCOC. The molecule has 0 saturated carbocycles. The second kappa shape index (κ2) is 34.6. The highest BCUT2D eigenvalue weighted by Gasteiger charge is 2.19. The molecule has 0 amide bonds. The Balaban J connectivity index is 4.01. The molecule has 0 unspecified atom stereocenters. The average molecular weight is 569 g/mol. The maximum atomic E-state index is 12.9. The molecule has 0 aromatic carbocycles. The van der Waals surface area contributed by atoms with Gasteiger partial charge in [0.25, 0.3) is 0 Å². The summed E-state index contributed by atoms with van der Waals surface area (Å²) in [5, 5.41) is 0. The molecule has 0 aromatic heterocycles. The van der Waals surface area contributed by atoms with Crippen LogP contribution >= 0.6 is 0 Å². The number of hydrogen-bond donors (Lipinski definition) is 0. The van der Waals surface area contributed by atoms with E-state index in [0.717, 1.165) is 32.1 Å². The largest absolute Gasteiger partial charge is 0.465 e. The fourth-order valence-corrected chi connectivity index (χ4v) is 5.54. The minimum absolute atomic E-state index is 0.0306. The molecule has 0 aliphatic carbocycles. The summed E-state index contributed by atoms with van der Waals surface area (Å²) in [4.78, 5) is 12.9. The third kappa shape index (κ3) is 30.4. The van der Waals surface area contributed by atoms with Crippen molar-refractivity contribution in [3.63, 3.8) is 0 Å². The summed E-state index contributed by atoms with van der Waals surface area (Å²) in [7, 11) is 1.68. The van der Waals surface area contributed by atoms with Gasteiger partial charge in [0, 0.05) is 20.1 Å². The predicted octanol–water partition coefficient (Wildman–Crippen LogP) is 11.4. The number of carbonyl (C=O) groups is 1. The summed E-state index contributed by atoms with van der Waals surface area (Å²) in [6.07, 6.45) is 35.3. The molecule has 0 saturated heterocycles. The van der Waals surface area contributed by atoms with Gasteiger partial charge in [-0.3, -0.25) is 4.79 Å². The van der Waals surface area contributed by atoms with Crippen LogP contribution in [0.1, 0.15) is 187 Å². The van der Waals surface area contributed by atoms with E-state index in [2.05, 4.69) is 13.8 Å². The highest BCUT2D eigenvalue weighted by Crippen LogP contribution is 2.21. The molecule has 4 nitrogen and oxygen atoms in total. The summed E-state index contributed by atoms with van der Waals surface area (Å²) in [6.45, 7) is 6.88. The van der Waals surface area contributed by atoms with Crippen molar-refractivity contribution in [3.8, 4) is 0 Å². The molecule has 0 fully saturated rings. The van der Waals surface area contributed by atoms with Gasteiger partial charge in [-0.15, -0.1) is 0 Å². The monoisotopic (exact) mass is 569 g/mol. The van der Waals surface area contributed by atoms with Gasteiger partial charge in [0.2, 0.25) is 0 Å². The molecule has 0 heterocycles. The highest BCUT2D eigenvalue weighted by molar-refractivity contribution is 5.72. The maximum Gasteiger partial charge on any atom is 0.308 e. The van der Waals surface area contributed by atoms with Gasteiger partial charge in [0.05, 0.1) is 25.7 Å². The average Bonchev–Trinajstić information content (AvgIpc) is 2.96. The summed E-state index contributed by atoms with van der Waals surface area (Å²) in [6, 6.07) is 0. The first kappa shape index (κ1) is 39.4. The van der Waals surface area contributed by atoms with Crippen LogP contribution in [0.3, 0.4) is 0 Å². The molecule has 4 heteroatoms. The number of unbranched alkanes of at least 4 members (excludes halogenated alkanes) is 22. The molecule has 0 spiro atoms. The minimum Gasteiger partial charge on any atom is -0.465 e. The maximum absolute atomic E-state index is 12.9. The molecule has 0 atom stereocenters. The van der Waals surface area contributed by atoms with Gasteiger partial charge in [-0.05, 0) is 12.8 Å². The van der Waals surface area contributed by atoms with Crippen LogP contribution in [0, 0.1) is 5.92 Å². The lowest BCUT2D eigenvalue weighted by atomic mass is 9.94. The lowest BCUT2D eigenvalue weighted by Gasteiger charge is -2.16. The third-order valence-electron chi connectivity index (χ3n) is 8.25. The molecule has 0 bridgehead atoms. The van der Waals surface area contributed by atoms with Gasteiger partial charge in [-0.1, -0.05) is 168 Å². The molecule has 40 heavy (non-hydrogen) atoms. The highest BCUT2D eigenvalue weighted by atomic mass is 16.5. The van der Waals surface area contributed by atoms with Gasteiger partial charge in [0.15, 0.2) is 0 Å². The van der Waals surface area contributed by atoms with Crippen LogP contribution in [0.5, 0.6) is 0 Å². The van der Waals surface area contributed by atoms with Crippen LogP contribution in [0.4, 0.5) is 0 Å².